The first-order chi connectivity index (χ1) is 40.6. The molecule has 2 bridgehead atoms. The van der Waals surface area contributed by atoms with Crippen molar-refractivity contribution in [2.45, 2.75) is 11.8 Å². The van der Waals surface area contributed by atoms with E-state index in [-0.39, 0.29) is 11.8 Å². The Labute approximate surface area is 473 Å². The average molecular weight is 1050 g/mol. The summed E-state index contributed by atoms with van der Waals surface area (Å²) in [7, 11) is 0. The first kappa shape index (κ1) is 46.1. The maximum Gasteiger partial charge on any atom is 0.160 e. The van der Waals surface area contributed by atoms with Gasteiger partial charge in [0.05, 0.1) is 44.8 Å². The van der Waals surface area contributed by atoms with E-state index in [2.05, 4.69) is 276 Å². The molecule has 3 aliphatic carbocycles. The summed E-state index contributed by atoms with van der Waals surface area (Å²) in [5, 5.41) is 4.85. The molecule has 0 N–H and O–H groups in total. The number of hydrogen-bond donors (Lipinski definition) is 0. The minimum Gasteiger partial charge on any atom is -0.309 e. The zero-order chi connectivity index (χ0) is 53.8. The van der Waals surface area contributed by atoms with E-state index in [1.165, 1.54) is 66.0 Å². The van der Waals surface area contributed by atoms with Crippen molar-refractivity contribution in [3.05, 3.63) is 312 Å². The Morgan fingerprint density at radius 3 is 0.951 bits per heavy atom. The molecule has 82 heavy (non-hydrogen) atoms. The lowest BCUT2D eigenvalue weighted by Gasteiger charge is -2.42. The molecule has 0 aliphatic heterocycles. The summed E-state index contributed by atoms with van der Waals surface area (Å²) >= 11 is 0. The van der Waals surface area contributed by atoms with Crippen molar-refractivity contribution in [1.29, 1.82) is 0 Å². The number of hydrogen-bond acceptors (Lipinski definition) is 4. The van der Waals surface area contributed by atoms with Gasteiger partial charge in [0.25, 0.3) is 0 Å². The fourth-order valence-electron chi connectivity index (χ4n) is 13.4. The molecule has 4 aromatic heterocycles. The van der Waals surface area contributed by atoms with Gasteiger partial charge in [-0.1, -0.05) is 206 Å². The number of fused-ring (bicyclic) bond motifs is 6. The topological polar surface area (TPSA) is 61.4 Å². The Kier molecular flexibility index (Phi) is 10.3. The Hall–Kier alpha value is -10.8. The predicted molar refractivity (Wildman–Crippen MR) is 334 cm³/mol. The second kappa shape index (κ2) is 18.4. The van der Waals surface area contributed by atoms with Crippen LogP contribution in [-0.4, -0.2) is 29.1 Å². The van der Waals surface area contributed by atoms with E-state index < -0.39 is 0 Å². The molecule has 11 aromatic carbocycles. The lowest BCUT2D eigenvalue weighted by atomic mass is 9.60. The van der Waals surface area contributed by atoms with Gasteiger partial charge in [0, 0.05) is 78.1 Å². The average Bonchev–Trinajstić information content (AvgIpc) is 3.44. The highest BCUT2D eigenvalue weighted by atomic mass is 15.0. The van der Waals surface area contributed by atoms with Gasteiger partial charge in [-0.3, -0.25) is 0 Å². The quantitative estimate of drug-likeness (QED) is 0.152. The van der Waals surface area contributed by atoms with Crippen LogP contribution in [0, 0.1) is 0 Å². The van der Waals surface area contributed by atoms with E-state index in [0.29, 0.717) is 11.6 Å². The molecule has 0 saturated carbocycles. The number of benzene rings is 11. The zero-order valence-electron chi connectivity index (χ0n) is 44.4. The van der Waals surface area contributed by atoms with Crippen LogP contribution in [0.25, 0.3) is 123 Å². The number of nitrogens with zero attached hydrogens (tertiary/aromatic N) is 6. The van der Waals surface area contributed by atoms with Crippen LogP contribution < -0.4 is 0 Å². The highest BCUT2D eigenvalue weighted by molar-refractivity contribution is 6.11. The molecule has 15 aromatic rings. The summed E-state index contributed by atoms with van der Waals surface area (Å²) in [4.78, 5) is 21.4. The predicted octanol–water partition coefficient (Wildman–Crippen LogP) is 18.4. The molecule has 0 spiro atoms. The molecule has 382 valence electrons. The van der Waals surface area contributed by atoms with Gasteiger partial charge in [-0.2, -0.15) is 0 Å². The van der Waals surface area contributed by atoms with Gasteiger partial charge in [-0.05, 0) is 106 Å². The van der Waals surface area contributed by atoms with Crippen molar-refractivity contribution < 1.29 is 0 Å². The number of aromatic nitrogens is 6. The molecule has 6 heteroatoms. The first-order valence-electron chi connectivity index (χ1n) is 28.1. The minimum absolute atomic E-state index is 0.0290. The maximum absolute atomic E-state index is 5.38. The maximum atomic E-state index is 5.38. The number of para-hydroxylation sites is 4. The molecule has 0 fully saturated rings. The third kappa shape index (κ3) is 7.28. The summed E-state index contributed by atoms with van der Waals surface area (Å²) in [6.07, 6.45) is 0. The van der Waals surface area contributed by atoms with Gasteiger partial charge in [0.15, 0.2) is 11.6 Å². The van der Waals surface area contributed by atoms with Crippen LogP contribution in [0.15, 0.2) is 279 Å². The molecule has 0 radical (unpaired) electrons. The Morgan fingerprint density at radius 1 is 0.220 bits per heavy atom. The Balaban J connectivity index is 0.790. The van der Waals surface area contributed by atoms with Gasteiger partial charge in [-0.15, -0.1) is 0 Å². The third-order valence-corrected chi connectivity index (χ3v) is 17.1. The molecule has 6 nitrogen and oxygen atoms in total. The smallest absolute Gasteiger partial charge is 0.160 e. The first-order valence-corrected chi connectivity index (χ1v) is 28.1. The molecule has 4 heterocycles. The van der Waals surface area contributed by atoms with Crippen LogP contribution in [-0.2, 0) is 0 Å². The third-order valence-electron chi connectivity index (χ3n) is 17.1. The normalized spacial score (nSPS) is 14.1. The van der Waals surface area contributed by atoms with Gasteiger partial charge in [-0.25, -0.2) is 19.9 Å². The summed E-state index contributed by atoms with van der Waals surface area (Å²) in [6.45, 7) is 0. The highest BCUT2D eigenvalue weighted by Crippen LogP contribution is 2.57. The highest BCUT2D eigenvalue weighted by Gasteiger charge is 2.41. The Bertz CT molecular complexity index is 4720. The van der Waals surface area contributed by atoms with Gasteiger partial charge in [0.2, 0.25) is 0 Å². The van der Waals surface area contributed by atoms with Gasteiger partial charge >= 0.3 is 0 Å². The van der Waals surface area contributed by atoms with Crippen molar-refractivity contribution >= 4 is 43.6 Å². The van der Waals surface area contributed by atoms with Gasteiger partial charge in [0.1, 0.15) is 0 Å². The largest absolute Gasteiger partial charge is 0.309 e. The molecule has 18 rings (SSSR count). The fraction of sp³-hybridized carbons (Fsp3) is 0.0263. The second-order valence-electron chi connectivity index (χ2n) is 21.7. The van der Waals surface area contributed by atoms with E-state index in [1.807, 2.05) is 12.1 Å². The SMILES string of the molecule is c1ccc(-c2nc(-c3ccc4c(c3)C3c5ccccc5C4c4cc(-c5cc(-c6ccc7c8ccccc8n(-c8ccccc8)c7c6)nc(-c6ccccc6)n5)ccc43)cc(-c3ccc4c5ccccc5n(-c5ccccc5)c4c3)n2)cc1. The van der Waals surface area contributed by atoms with Crippen LogP contribution in [0.5, 0.6) is 0 Å². The standard InChI is InChI=1S/C76H48N6/c1-5-19-47(20-6-1)75-77-65(45-67(79-75)51-33-37-57-55-27-15-17-31-69(55)81(71(57)43-51)53-23-9-3-10-24-53)49-35-39-61-63(41-49)73-59-29-13-14-30-60(59)74(61)64-42-50(36-40-62(64)73)66-46-68(80-76(78-66)48-21-7-2-8-22-48)52-34-38-58-56-28-16-18-32-70(56)82(72(58)44-52)54-25-11-4-12-26-54/h1-46,73-74H. The molecule has 0 saturated heterocycles. The monoisotopic (exact) mass is 1040 g/mol. The fourth-order valence-corrected chi connectivity index (χ4v) is 13.4. The summed E-state index contributed by atoms with van der Waals surface area (Å²) in [5.74, 6) is 1.44. The molecule has 3 aliphatic rings. The van der Waals surface area contributed by atoms with Crippen LogP contribution in [0.3, 0.4) is 0 Å². The number of rotatable bonds is 8. The summed E-state index contributed by atoms with van der Waals surface area (Å²) < 4.78 is 4.73. The van der Waals surface area contributed by atoms with Crippen molar-refractivity contribution in [2.24, 2.45) is 0 Å². The van der Waals surface area contributed by atoms with E-state index >= 15 is 0 Å². The molecular weight excluding hydrogens is 997 g/mol. The van der Waals surface area contributed by atoms with Crippen LogP contribution in [0.4, 0.5) is 0 Å². The van der Waals surface area contributed by atoms with E-state index in [4.69, 9.17) is 19.9 Å². The van der Waals surface area contributed by atoms with Crippen LogP contribution in [0.1, 0.15) is 45.2 Å². The Morgan fingerprint density at radius 2 is 0.537 bits per heavy atom. The van der Waals surface area contributed by atoms with Crippen molar-refractivity contribution in [3.63, 3.8) is 0 Å². The van der Waals surface area contributed by atoms with Gasteiger partial charge < -0.3 is 9.13 Å². The van der Waals surface area contributed by atoms with Crippen molar-refractivity contribution in [2.75, 3.05) is 0 Å². The van der Waals surface area contributed by atoms with Crippen molar-refractivity contribution in [1.82, 2.24) is 29.1 Å². The van der Waals surface area contributed by atoms with Crippen molar-refractivity contribution in [3.8, 4) is 79.2 Å². The molecule has 0 amide bonds. The van der Waals surface area contributed by atoms with E-state index in [9.17, 15) is 0 Å². The van der Waals surface area contributed by atoms with E-state index in [1.54, 1.807) is 0 Å². The second-order valence-corrected chi connectivity index (χ2v) is 21.7. The summed E-state index contributed by atoms with van der Waals surface area (Å²) in [6, 6.07) is 100. The zero-order valence-corrected chi connectivity index (χ0v) is 44.4. The molecule has 2 unspecified atom stereocenters. The molecular formula is C76H48N6. The van der Waals surface area contributed by atoms with Crippen LogP contribution in [0.2, 0.25) is 0 Å². The summed E-state index contributed by atoms with van der Waals surface area (Å²) in [5.41, 5.74) is 24.5. The van der Waals surface area contributed by atoms with Crippen LogP contribution >= 0.6 is 0 Å². The minimum atomic E-state index is 0.0290. The molecule has 2 atom stereocenters. The van der Waals surface area contributed by atoms with E-state index in [0.717, 1.165) is 78.6 Å². The lowest BCUT2D eigenvalue weighted by molar-refractivity contribution is 0.755. The lowest BCUT2D eigenvalue weighted by Crippen LogP contribution is -2.27.